The summed E-state index contributed by atoms with van der Waals surface area (Å²) in [7, 11) is 0. The lowest BCUT2D eigenvalue weighted by Gasteiger charge is -2.44. The van der Waals surface area contributed by atoms with E-state index >= 15 is 0 Å². The van der Waals surface area contributed by atoms with Crippen LogP contribution in [-0.4, -0.2) is 33.2 Å². The van der Waals surface area contributed by atoms with Crippen molar-refractivity contribution in [2.75, 3.05) is 4.90 Å². The molecule has 34 heavy (non-hydrogen) atoms. The lowest BCUT2D eigenvalue weighted by Crippen LogP contribution is -2.65. The molecule has 1 aromatic carbocycles. The molecule has 1 unspecified atom stereocenters. The highest BCUT2D eigenvalue weighted by molar-refractivity contribution is 6.12. The van der Waals surface area contributed by atoms with E-state index in [1.165, 1.54) is 19.3 Å². The van der Waals surface area contributed by atoms with E-state index in [-0.39, 0.29) is 23.3 Å². The van der Waals surface area contributed by atoms with E-state index in [1.807, 2.05) is 39.0 Å². The van der Waals surface area contributed by atoms with Crippen molar-refractivity contribution in [1.29, 1.82) is 0 Å². The second-order valence-corrected chi connectivity index (χ2v) is 11.6. The number of rotatable bonds is 3. The number of aromatic nitrogens is 2. The van der Waals surface area contributed by atoms with Crippen LogP contribution in [0.4, 0.5) is 5.69 Å². The third-order valence-electron chi connectivity index (χ3n) is 7.32. The highest BCUT2D eigenvalue weighted by atomic mass is 16.2. The van der Waals surface area contributed by atoms with Crippen molar-refractivity contribution in [2.45, 2.75) is 110 Å². The maximum Gasteiger partial charge on any atom is 0.277 e. The molecule has 2 aromatic rings. The van der Waals surface area contributed by atoms with Gasteiger partial charge in [0.1, 0.15) is 11.2 Å². The molecule has 6 nitrogen and oxygen atoms in total. The van der Waals surface area contributed by atoms with Crippen molar-refractivity contribution >= 4 is 17.5 Å². The number of benzene rings is 1. The number of anilines is 1. The molecule has 0 saturated heterocycles. The Bertz CT molecular complexity index is 1050. The number of amides is 2. The van der Waals surface area contributed by atoms with Crippen molar-refractivity contribution in [3.63, 3.8) is 0 Å². The summed E-state index contributed by atoms with van der Waals surface area (Å²) in [4.78, 5) is 29.6. The van der Waals surface area contributed by atoms with Crippen LogP contribution in [0.25, 0.3) is 0 Å². The van der Waals surface area contributed by atoms with Crippen LogP contribution in [0.3, 0.4) is 0 Å². The van der Waals surface area contributed by atoms with Crippen molar-refractivity contribution in [2.24, 2.45) is 0 Å². The van der Waals surface area contributed by atoms with Crippen LogP contribution >= 0.6 is 0 Å². The molecule has 2 aliphatic rings. The van der Waals surface area contributed by atoms with Gasteiger partial charge < -0.3 is 5.32 Å². The molecule has 1 saturated carbocycles. The van der Waals surface area contributed by atoms with Gasteiger partial charge in [0.05, 0.1) is 12.2 Å². The Hall–Kier alpha value is -2.63. The molecular formula is C28H40N4O2. The minimum Gasteiger partial charge on any atom is -0.351 e. The van der Waals surface area contributed by atoms with Gasteiger partial charge in [-0.05, 0) is 62.9 Å². The summed E-state index contributed by atoms with van der Waals surface area (Å²) in [6, 6.07) is 8.15. The van der Waals surface area contributed by atoms with E-state index in [2.05, 4.69) is 32.2 Å². The number of hydrogen-bond donors (Lipinski definition) is 1. The van der Waals surface area contributed by atoms with E-state index < -0.39 is 5.54 Å². The first-order valence-corrected chi connectivity index (χ1v) is 12.8. The Morgan fingerprint density at radius 1 is 1.00 bits per heavy atom. The van der Waals surface area contributed by atoms with E-state index in [9.17, 15) is 9.59 Å². The predicted octanol–water partition coefficient (Wildman–Crippen LogP) is 5.45. The number of nitrogens with zero attached hydrogens (tertiary/aromatic N) is 3. The van der Waals surface area contributed by atoms with Crippen molar-refractivity contribution < 1.29 is 9.59 Å². The van der Waals surface area contributed by atoms with Gasteiger partial charge in [0.25, 0.3) is 5.91 Å². The average molecular weight is 465 g/mol. The average Bonchev–Trinajstić information content (AvgIpc) is 3.13. The fraction of sp³-hybridized carbons (Fsp3) is 0.607. The second-order valence-electron chi connectivity index (χ2n) is 11.6. The molecule has 1 aliphatic heterocycles. The van der Waals surface area contributed by atoms with Gasteiger partial charge in [-0.3, -0.25) is 19.2 Å². The van der Waals surface area contributed by atoms with E-state index in [0.29, 0.717) is 12.2 Å². The molecule has 184 valence electrons. The number of nitrogens with one attached hydrogen (secondary N) is 1. The minimum atomic E-state index is -1.08. The molecule has 1 fully saturated rings. The second kappa shape index (κ2) is 9.20. The van der Waals surface area contributed by atoms with Crippen LogP contribution in [0, 0.1) is 13.8 Å². The zero-order chi connectivity index (χ0) is 24.7. The first-order chi connectivity index (χ1) is 16.0. The lowest BCUT2D eigenvalue weighted by atomic mass is 9.90. The van der Waals surface area contributed by atoms with Gasteiger partial charge in [-0.25, -0.2) is 0 Å². The predicted molar refractivity (Wildman–Crippen MR) is 136 cm³/mol. The Morgan fingerprint density at radius 2 is 1.59 bits per heavy atom. The fourth-order valence-corrected chi connectivity index (χ4v) is 5.37. The normalized spacial score (nSPS) is 22.2. The summed E-state index contributed by atoms with van der Waals surface area (Å²) in [6.45, 7) is 12.5. The highest BCUT2D eigenvalue weighted by Gasteiger charge is 2.49. The van der Waals surface area contributed by atoms with Gasteiger partial charge in [-0.1, -0.05) is 58.9 Å². The van der Waals surface area contributed by atoms with Gasteiger partial charge in [0.15, 0.2) is 0 Å². The maximum atomic E-state index is 14.0. The van der Waals surface area contributed by atoms with Crippen LogP contribution in [0.1, 0.15) is 99.9 Å². The summed E-state index contributed by atoms with van der Waals surface area (Å²) in [5.74, 6) is -0.265. The Balaban J connectivity index is 1.75. The van der Waals surface area contributed by atoms with Gasteiger partial charge in [0, 0.05) is 17.1 Å². The first kappa shape index (κ1) is 24.5. The summed E-state index contributed by atoms with van der Waals surface area (Å²) in [5.41, 5.74) is 3.05. The van der Waals surface area contributed by atoms with Gasteiger partial charge >= 0.3 is 0 Å². The molecule has 6 heteroatoms. The van der Waals surface area contributed by atoms with E-state index in [0.717, 1.165) is 48.2 Å². The first-order valence-electron chi connectivity index (χ1n) is 12.8. The minimum absolute atomic E-state index is 0.0935. The number of carbonyl (C=O) groups excluding carboxylic acids is 2. The number of carbonyl (C=O) groups is 2. The van der Waals surface area contributed by atoms with Crippen molar-refractivity contribution in [1.82, 2.24) is 15.1 Å². The topological polar surface area (TPSA) is 67.2 Å². The zero-order valence-corrected chi connectivity index (χ0v) is 21.7. The van der Waals surface area contributed by atoms with Gasteiger partial charge in [-0.15, -0.1) is 0 Å². The molecule has 0 bridgehead atoms. The number of fused-ring (bicyclic) bond motifs is 1. The third-order valence-corrected chi connectivity index (χ3v) is 7.32. The summed E-state index contributed by atoms with van der Waals surface area (Å²) in [5, 5.41) is 8.12. The molecule has 1 aliphatic carbocycles. The van der Waals surface area contributed by atoms with Crippen molar-refractivity contribution in [3.05, 3.63) is 46.8 Å². The highest BCUT2D eigenvalue weighted by Crippen LogP contribution is 2.35. The Kier molecular flexibility index (Phi) is 6.63. The van der Waals surface area contributed by atoms with Crippen LogP contribution < -0.4 is 10.2 Å². The maximum absolute atomic E-state index is 14.0. The Labute approximate surface area is 204 Å². The van der Waals surface area contributed by atoms with Crippen LogP contribution in [0.2, 0.25) is 0 Å². The SMILES string of the molecule is Cc1cc(C)cc(N2C(=O)c3cc(C(C)(C)C)nn3CC2(C)C(=O)NC2CCCCCCC2)c1. The smallest absolute Gasteiger partial charge is 0.277 e. The standard InChI is InChI=1S/C28H40N4O2/c1-19-14-20(2)16-22(15-19)32-25(33)23-17-24(27(3,4)5)30-31(23)18-28(32,6)26(34)29-21-12-10-8-7-9-11-13-21/h14-17,21H,7-13,18H2,1-6H3,(H,29,34). The summed E-state index contributed by atoms with van der Waals surface area (Å²) in [6.07, 6.45) is 8.01. The summed E-state index contributed by atoms with van der Waals surface area (Å²) >= 11 is 0. The molecule has 2 heterocycles. The molecule has 1 aromatic heterocycles. The van der Waals surface area contributed by atoms with Crippen LogP contribution in [0.5, 0.6) is 0 Å². The molecule has 0 spiro atoms. The molecule has 4 rings (SSSR count). The number of aryl methyl sites for hydroxylation is 2. The quantitative estimate of drug-likeness (QED) is 0.657. The van der Waals surface area contributed by atoms with Gasteiger partial charge in [0.2, 0.25) is 5.91 Å². The molecule has 1 N–H and O–H groups in total. The zero-order valence-electron chi connectivity index (χ0n) is 21.7. The summed E-state index contributed by atoms with van der Waals surface area (Å²) < 4.78 is 1.75. The largest absolute Gasteiger partial charge is 0.351 e. The fourth-order valence-electron chi connectivity index (χ4n) is 5.37. The van der Waals surface area contributed by atoms with E-state index in [4.69, 9.17) is 5.10 Å². The Morgan fingerprint density at radius 3 is 2.18 bits per heavy atom. The molecular weight excluding hydrogens is 424 g/mol. The van der Waals surface area contributed by atoms with Crippen LogP contribution in [-0.2, 0) is 16.8 Å². The molecule has 0 radical (unpaired) electrons. The third kappa shape index (κ3) is 4.77. The lowest BCUT2D eigenvalue weighted by molar-refractivity contribution is -0.127. The molecule has 1 atom stereocenters. The van der Waals surface area contributed by atoms with Crippen LogP contribution in [0.15, 0.2) is 24.3 Å². The number of hydrogen-bond acceptors (Lipinski definition) is 3. The van der Waals surface area contributed by atoms with Crippen molar-refractivity contribution in [3.8, 4) is 0 Å². The van der Waals surface area contributed by atoms with E-state index in [1.54, 1.807) is 9.58 Å². The molecule has 2 amide bonds. The van der Waals surface area contributed by atoms with Gasteiger partial charge in [-0.2, -0.15) is 5.10 Å². The monoisotopic (exact) mass is 464 g/mol.